The van der Waals surface area contributed by atoms with Crippen molar-refractivity contribution in [2.75, 3.05) is 26.2 Å². The van der Waals surface area contributed by atoms with Crippen LogP contribution in [0.1, 0.15) is 30.0 Å². The zero-order valence-electron chi connectivity index (χ0n) is 11.2. The van der Waals surface area contributed by atoms with Crippen LogP contribution in [0.15, 0.2) is 6.07 Å². The lowest BCUT2D eigenvalue weighted by Crippen LogP contribution is -2.34. The number of likely N-dealkylation sites (N-methyl/N-ethyl adjacent to an activating group) is 1. The molecule has 1 rings (SSSR count). The summed E-state index contributed by atoms with van der Waals surface area (Å²) in [7, 11) is 1.84. The summed E-state index contributed by atoms with van der Waals surface area (Å²) >= 11 is 0. The average molecular weight is 238 g/mol. The second-order valence-corrected chi connectivity index (χ2v) is 4.08. The van der Waals surface area contributed by atoms with Gasteiger partial charge in [-0.3, -0.25) is 9.48 Å². The molecule has 5 heteroatoms. The SMILES string of the molecule is CCN(CC)CCNC(=O)c1cc(C)n(C)n1. The fourth-order valence-electron chi connectivity index (χ4n) is 1.63. The van der Waals surface area contributed by atoms with Crippen molar-refractivity contribution in [3.8, 4) is 0 Å². The molecular weight excluding hydrogens is 216 g/mol. The largest absolute Gasteiger partial charge is 0.349 e. The minimum absolute atomic E-state index is 0.0964. The van der Waals surface area contributed by atoms with Gasteiger partial charge in [0.05, 0.1) is 0 Å². The van der Waals surface area contributed by atoms with E-state index in [4.69, 9.17) is 0 Å². The van der Waals surface area contributed by atoms with Crippen LogP contribution < -0.4 is 5.32 Å². The van der Waals surface area contributed by atoms with Crippen LogP contribution in [0, 0.1) is 6.92 Å². The molecule has 0 bridgehead atoms. The van der Waals surface area contributed by atoms with Gasteiger partial charge in [0.1, 0.15) is 5.69 Å². The topological polar surface area (TPSA) is 50.2 Å². The van der Waals surface area contributed by atoms with Crippen molar-refractivity contribution >= 4 is 5.91 Å². The first-order chi connectivity index (χ1) is 8.08. The number of nitrogens with zero attached hydrogens (tertiary/aromatic N) is 3. The standard InChI is InChI=1S/C12H22N4O/c1-5-16(6-2)8-7-13-12(17)11-9-10(3)15(4)14-11/h9H,5-8H2,1-4H3,(H,13,17). The van der Waals surface area contributed by atoms with Gasteiger partial charge >= 0.3 is 0 Å². The minimum Gasteiger partial charge on any atom is -0.349 e. The molecule has 1 aromatic heterocycles. The summed E-state index contributed by atoms with van der Waals surface area (Å²) in [6.07, 6.45) is 0. The van der Waals surface area contributed by atoms with E-state index in [2.05, 4.69) is 29.2 Å². The second kappa shape index (κ2) is 6.39. The van der Waals surface area contributed by atoms with Gasteiger partial charge in [-0.1, -0.05) is 13.8 Å². The van der Waals surface area contributed by atoms with Crippen LogP contribution >= 0.6 is 0 Å². The van der Waals surface area contributed by atoms with Gasteiger partial charge in [-0.05, 0) is 26.1 Å². The van der Waals surface area contributed by atoms with E-state index in [9.17, 15) is 4.79 Å². The first kappa shape index (κ1) is 13.7. The molecule has 0 radical (unpaired) electrons. The van der Waals surface area contributed by atoms with E-state index in [1.54, 1.807) is 10.7 Å². The maximum atomic E-state index is 11.8. The number of carbonyl (C=O) groups excluding carboxylic acids is 1. The second-order valence-electron chi connectivity index (χ2n) is 4.08. The van der Waals surface area contributed by atoms with Crippen LogP contribution in [0.2, 0.25) is 0 Å². The zero-order chi connectivity index (χ0) is 12.8. The van der Waals surface area contributed by atoms with Crippen molar-refractivity contribution < 1.29 is 4.79 Å². The number of aryl methyl sites for hydroxylation is 2. The molecule has 0 atom stereocenters. The molecule has 1 heterocycles. The van der Waals surface area contributed by atoms with Crippen molar-refractivity contribution in [2.45, 2.75) is 20.8 Å². The van der Waals surface area contributed by atoms with Gasteiger partial charge in [-0.15, -0.1) is 0 Å². The van der Waals surface area contributed by atoms with E-state index in [0.717, 1.165) is 25.3 Å². The number of carbonyl (C=O) groups is 1. The molecule has 0 saturated heterocycles. The molecule has 0 aliphatic carbocycles. The Hall–Kier alpha value is -1.36. The lowest BCUT2D eigenvalue weighted by Gasteiger charge is -2.17. The van der Waals surface area contributed by atoms with Gasteiger partial charge in [0.15, 0.2) is 0 Å². The van der Waals surface area contributed by atoms with Crippen molar-refractivity contribution in [3.05, 3.63) is 17.5 Å². The molecule has 0 unspecified atom stereocenters. The average Bonchev–Trinajstić information content (AvgIpc) is 2.65. The Balaban J connectivity index is 2.40. The Morgan fingerprint density at radius 1 is 1.47 bits per heavy atom. The van der Waals surface area contributed by atoms with E-state index in [1.807, 2.05) is 14.0 Å². The molecular formula is C12H22N4O. The van der Waals surface area contributed by atoms with Gasteiger partial charge in [0, 0.05) is 25.8 Å². The van der Waals surface area contributed by atoms with Crippen LogP contribution in [0.4, 0.5) is 0 Å². The van der Waals surface area contributed by atoms with E-state index >= 15 is 0 Å². The van der Waals surface area contributed by atoms with Gasteiger partial charge < -0.3 is 10.2 Å². The maximum Gasteiger partial charge on any atom is 0.271 e. The van der Waals surface area contributed by atoms with E-state index < -0.39 is 0 Å². The lowest BCUT2D eigenvalue weighted by molar-refractivity contribution is 0.0943. The molecule has 1 amide bonds. The van der Waals surface area contributed by atoms with Crippen molar-refractivity contribution in [1.29, 1.82) is 0 Å². The zero-order valence-corrected chi connectivity index (χ0v) is 11.2. The number of amides is 1. The highest BCUT2D eigenvalue weighted by Crippen LogP contribution is 2.00. The van der Waals surface area contributed by atoms with Crippen LogP contribution in [0.3, 0.4) is 0 Å². The predicted molar refractivity (Wildman–Crippen MR) is 68.1 cm³/mol. The van der Waals surface area contributed by atoms with Crippen molar-refractivity contribution in [1.82, 2.24) is 20.0 Å². The van der Waals surface area contributed by atoms with Gasteiger partial charge in [-0.25, -0.2) is 0 Å². The van der Waals surface area contributed by atoms with E-state index in [0.29, 0.717) is 12.2 Å². The highest BCUT2D eigenvalue weighted by Gasteiger charge is 2.10. The number of hydrogen-bond donors (Lipinski definition) is 1. The fraction of sp³-hybridized carbons (Fsp3) is 0.667. The smallest absolute Gasteiger partial charge is 0.271 e. The van der Waals surface area contributed by atoms with Crippen molar-refractivity contribution in [2.24, 2.45) is 7.05 Å². The molecule has 96 valence electrons. The molecule has 5 nitrogen and oxygen atoms in total. The molecule has 0 saturated carbocycles. The predicted octanol–water partition coefficient (Wildman–Crippen LogP) is 0.800. The van der Waals surface area contributed by atoms with E-state index in [-0.39, 0.29) is 5.91 Å². The Morgan fingerprint density at radius 2 is 2.12 bits per heavy atom. The summed E-state index contributed by atoms with van der Waals surface area (Å²) in [6.45, 7) is 9.73. The summed E-state index contributed by atoms with van der Waals surface area (Å²) in [4.78, 5) is 14.0. The highest BCUT2D eigenvalue weighted by atomic mass is 16.1. The Bertz CT molecular complexity index is 349. The molecule has 0 spiro atoms. The minimum atomic E-state index is -0.0964. The Morgan fingerprint density at radius 3 is 2.59 bits per heavy atom. The third-order valence-corrected chi connectivity index (χ3v) is 2.95. The van der Waals surface area contributed by atoms with Gasteiger partial charge in [0.2, 0.25) is 0 Å². The van der Waals surface area contributed by atoms with Gasteiger partial charge in [-0.2, -0.15) is 5.10 Å². The highest BCUT2D eigenvalue weighted by molar-refractivity contribution is 5.92. The van der Waals surface area contributed by atoms with Crippen LogP contribution in [0.25, 0.3) is 0 Å². The lowest BCUT2D eigenvalue weighted by atomic mass is 10.3. The summed E-state index contributed by atoms with van der Waals surface area (Å²) in [5.41, 5.74) is 1.48. The Kier molecular flexibility index (Phi) is 5.15. The van der Waals surface area contributed by atoms with E-state index in [1.165, 1.54) is 0 Å². The monoisotopic (exact) mass is 238 g/mol. The molecule has 17 heavy (non-hydrogen) atoms. The maximum absolute atomic E-state index is 11.8. The molecule has 0 aliphatic rings. The summed E-state index contributed by atoms with van der Waals surface area (Å²) in [5, 5.41) is 7.02. The number of aromatic nitrogens is 2. The number of hydrogen-bond acceptors (Lipinski definition) is 3. The molecule has 0 aromatic carbocycles. The normalized spacial score (nSPS) is 10.9. The third-order valence-electron chi connectivity index (χ3n) is 2.95. The quantitative estimate of drug-likeness (QED) is 0.797. The molecule has 1 aromatic rings. The molecule has 0 aliphatic heterocycles. The summed E-state index contributed by atoms with van der Waals surface area (Å²) in [6, 6.07) is 1.80. The van der Waals surface area contributed by atoms with Crippen LogP contribution in [-0.2, 0) is 7.05 Å². The molecule has 1 N–H and O–H groups in total. The number of nitrogens with one attached hydrogen (secondary N) is 1. The molecule has 0 fully saturated rings. The summed E-state index contributed by atoms with van der Waals surface area (Å²) in [5.74, 6) is -0.0964. The first-order valence-corrected chi connectivity index (χ1v) is 6.09. The number of rotatable bonds is 6. The fourth-order valence-corrected chi connectivity index (χ4v) is 1.63. The van der Waals surface area contributed by atoms with Gasteiger partial charge in [0.25, 0.3) is 5.91 Å². The van der Waals surface area contributed by atoms with Crippen LogP contribution in [-0.4, -0.2) is 46.8 Å². The first-order valence-electron chi connectivity index (χ1n) is 6.09. The van der Waals surface area contributed by atoms with Crippen LogP contribution in [0.5, 0.6) is 0 Å². The summed E-state index contributed by atoms with van der Waals surface area (Å²) < 4.78 is 1.71. The Labute approximate surface area is 103 Å². The third kappa shape index (κ3) is 3.85. The van der Waals surface area contributed by atoms with Crippen molar-refractivity contribution in [3.63, 3.8) is 0 Å².